The van der Waals surface area contributed by atoms with Gasteiger partial charge in [-0.1, -0.05) is 26.0 Å². The number of nitrogens with zero attached hydrogens (tertiary/aromatic N) is 2. The summed E-state index contributed by atoms with van der Waals surface area (Å²) in [5, 5.41) is 17.3. The van der Waals surface area contributed by atoms with E-state index in [2.05, 4.69) is 29.4 Å². The maximum Gasteiger partial charge on any atom is 0.292 e. The molecule has 1 aromatic rings. The van der Waals surface area contributed by atoms with Gasteiger partial charge in [-0.05, 0) is 38.7 Å². The number of hydrogen-bond donors (Lipinski definition) is 2. The number of benzene rings is 1. The zero-order valence-electron chi connectivity index (χ0n) is 13.0. The molecule has 0 radical (unpaired) electrons. The van der Waals surface area contributed by atoms with Crippen LogP contribution in [0.2, 0.25) is 0 Å². The molecule has 1 rings (SSSR count). The average molecular weight is 294 g/mol. The van der Waals surface area contributed by atoms with E-state index >= 15 is 0 Å². The maximum absolute atomic E-state index is 10.9. The van der Waals surface area contributed by atoms with E-state index in [1.54, 1.807) is 18.2 Å². The van der Waals surface area contributed by atoms with E-state index in [0.29, 0.717) is 12.2 Å². The summed E-state index contributed by atoms with van der Waals surface area (Å²) in [6, 6.07) is 6.72. The predicted octanol–water partition coefficient (Wildman–Crippen LogP) is 2.33. The van der Waals surface area contributed by atoms with E-state index in [0.717, 1.165) is 39.1 Å². The normalized spacial score (nSPS) is 10.8. The molecule has 0 bridgehead atoms. The molecule has 0 fully saturated rings. The molecule has 0 amide bonds. The van der Waals surface area contributed by atoms with Gasteiger partial charge in [0.1, 0.15) is 5.69 Å². The summed E-state index contributed by atoms with van der Waals surface area (Å²) in [4.78, 5) is 12.9. The summed E-state index contributed by atoms with van der Waals surface area (Å²) in [5.74, 6) is 0. The molecule has 6 nitrogen and oxygen atoms in total. The van der Waals surface area contributed by atoms with Gasteiger partial charge in [0.2, 0.25) is 0 Å². The Morgan fingerprint density at radius 2 is 1.86 bits per heavy atom. The first-order valence-corrected chi connectivity index (χ1v) is 7.59. The second-order valence-corrected chi connectivity index (χ2v) is 4.83. The molecular weight excluding hydrogens is 268 g/mol. The van der Waals surface area contributed by atoms with Gasteiger partial charge in [-0.3, -0.25) is 10.1 Å². The fraction of sp³-hybridized carbons (Fsp3) is 0.600. The van der Waals surface area contributed by atoms with E-state index in [1.807, 2.05) is 0 Å². The Labute approximate surface area is 126 Å². The summed E-state index contributed by atoms with van der Waals surface area (Å²) >= 11 is 0. The second kappa shape index (κ2) is 10.1. The van der Waals surface area contributed by atoms with Crippen LogP contribution in [0.3, 0.4) is 0 Å². The zero-order valence-corrected chi connectivity index (χ0v) is 13.0. The quantitative estimate of drug-likeness (QED) is 0.372. The minimum Gasteiger partial charge on any atom is -0.378 e. The van der Waals surface area contributed by atoms with Crippen LogP contribution in [-0.4, -0.2) is 49.1 Å². The smallest absolute Gasteiger partial charge is 0.292 e. The lowest BCUT2D eigenvalue weighted by Crippen LogP contribution is -2.29. The molecule has 2 N–H and O–H groups in total. The lowest BCUT2D eigenvalue weighted by atomic mass is 10.2. The molecule has 0 unspecified atom stereocenters. The highest BCUT2D eigenvalue weighted by Crippen LogP contribution is 2.22. The zero-order chi connectivity index (χ0) is 15.5. The molecule has 118 valence electrons. The number of para-hydroxylation sites is 2. The fourth-order valence-corrected chi connectivity index (χ4v) is 2.16. The van der Waals surface area contributed by atoms with Crippen molar-refractivity contribution in [3.05, 3.63) is 34.4 Å². The van der Waals surface area contributed by atoms with Crippen molar-refractivity contribution in [2.24, 2.45) is 0 Å². The average Bonchev–Trinajstić information content (AvgIpc) is 2.50. The van der Waals surface area contributed by atoms with Gasteiger partial charge in [-0.25, -0.2) is 0 Å². The van der Waals surface area contributed by atoms with Crippen molar-refractivity contribution in [3.63, 3.8) is 0 Å². The van der Waals surface area contributed by atoms with Crippen LogP contribution in [0.4, 0.5) is 11.4 Å². The summed E-state index contributed by atoms with van der Waals surface area (Å²) in [7, 11) is 0. The van der Waals surface area contributed by atoms with Gasteiger partial charge in [-0.2, -0.15) is 0 Å². The highest BCUT2D eigenvalue weighted by Gasteiger charge is 2.10. The van der Waals surface area contributed by atoms with Gasteiger partial charge >= 0.3 is 0 Å². The van der Waals surface area contributed by atoms with Crippen LogP contribution >= 0.6 is 0 Å². The first kappa shape index (κ1) is 17.4. The standard InChI is InChI=1S/C15H26N4O2/c1-3-18(4-2)13-7-10-16-11-12-17-14-8-5-6-9-15(14)19(20)21/h5-6,8-9,16-17H,3-4,7,10-13H2,1-2H3. The lowest BCUT2D eigenvalue weighted by molar-refractivity contribution is -0.384. The van der Waals surface area contributed by atoms with Crippen molar-refractivity contribution in [1.29, 1.82) is 0 Å². The predicted molar refractivity (Wildman–Crippen MR) is 86.9 cm³/mol. The Morgan fingerprint density at radius 1 is 1.14 bits per heavy atom. The first-order chi connectivity index (χ1) is 10.2. The lowest BCUT2D eigenvalue weighted by Gasteiger charge is -2.17. The fourth-order valence-electron chi connectivity index (χ4n) is 2.16. The third-order valence-electron chi connectivity index (χ3n) is 3.44. The molecule has 0 saturated heterocycles. The highest BCUT2D eigenvalue weighted by atomic mass is 16.6. The van der Waals surface area contributed by atoms with E-state index in [9.17, 15) is 10.1 Å². The Morgan fingerprint density at radius 3 is 2.52 bits per heavy atom. The van der Waals surface area contributed by atoms with Crippen LogP contribution in [0.25, 0.3) is 0 Å². The van der Waals surface area contributed by atoms with Gasteiger partial charge in [0.15, 0.2) is 0 Å². The summed E-state index contributed by atoms with van der Waals surface area (Å²) in [6.07, 6.45) is 1.12. The van der Waals surface area contributed by atoms with Crippen LogP contribution in [0.5, 0.6) is 0 Å². The largest absolute Gasteiger partial charge is 0.378 e. The van der Waals surface area contributed by atoms with E-state index in [4.69, 9.17) is 0 Å². The van der Waals surface area contributed by atoms with Crippen LogP contribution in [0.1, 0.15) is 20.3 Å². The number of nitrogens with one attached hydrogen (secondary N) is 2. The SMILES string of the molecule is CCN(CC)CCCNCCNc1ccccc1[N+](=O)[O-]. The molecule has 0 heterocycles. The third-order valence-corrected chi connectivity index (χ3v) is 3.44. The number of rotatable bonds is 11. The Kier molecular flexibility index (Phi) is 8.38. The van der Waals surface area contributed by atoms with Crippen LogP contribution in [-0.2, 0) is 0 Å². The van der Waals surface area contributed by atoms with Gasteiger partial charge in [0, 0.05) is 19.2 Å². The molecule has 0 spiro atoms. The minimum atomic E-state index is -0.361. The van der Waals surface area contributed by atoms with E-state index in [-0.39, 0.29) is 10.6 Å². The molecule has 1 aromatic carbocycles. The number of nitro groups is 1. The summed E-state index contributed by atoms with van der Waals surface area (Å²) < 4.78 is 0. The molecule has 0 aliphatic heterocycles. The van der Waals surface area contributed by atoms with Crippen molar-refractivity contribution >= 4 is 11.4 Å². The number of nitro benzene ring substituents is 1. The molecule has 0 aromatic heterocycles. The molecule has 0 aliphatic carbocycles. The van der Waals surface area contributed by atoms with Crippen molar-refractivity contribution in [2.75, 3.05) is 44.6 Å². The van der Waals surface area contributed by atoms with Crippen molar-refractivity contribution < 1.29 is 4.92 Å². The monoisotopic (exact) mass is 294 g/mol. The van der Waals surface area contributed by atoms with Gasteiger partial charge < -0.3 is 15.5 Å². The first-order valence-electron chi connectivity index (χ1n) is 7.59. The molecular formula is C15H26N4O2. The molecule has 0 saturated carbocycles. The van der Waals surface area contributed by atoms with Crippen LogP contribution < -0.4 is 10.6 Å². The van der Waals surface area contributed by atoms with Crippen LogP contribution in [0, 0.1) is 10.1 Å². The third kappa shape index (κ3) is 6.55. The summed E-state index contributed by atoms with van der Waals surface area (Å²) in [6.45, 7) is 10.1. The van der Waals surface area contributed by atoms with Crippen molar-refractivity contribution in [1.82, 2.24) is 10.2 Å². The second-order valence-electron chi connectivity index (χ2n) is 4.83. The number of hydrogen-bond acceptors (Lipinski definition) is 5. The Balaban J connectivity index is 2.16. The molecule has 21 heavy (non-hydrogen) atoms. The van der Waals surface area contributed by atoms with Crippen molar-refractivity contribution in [3.8, 4) is 0 Å². The topological polar surface area (TPSA) is 70.4 Å². The van der Waals surface area contributed by atoms with E-state index in [1.165, 1.54) is 6.07 Å². The van der Waals surface area contributed by atoms with Crippen molar-refractivity contribution in [2.45, 2.75) is 20.3 Å². The van der Waals surface area contributed by atoms with Gasteiger partial charge in [0.05, 0.1) is 4.92 Å². The highest BCUT2D eigenvalue weighted by molar-refractivity contribution is 5.60. The Bertz CT molecular complexity index is 422. The van der Waals surface area contributed by atoms with E-state index < -0.39 is 0 Å². The molecule has 6 heteroatoms. The number of anilines is 1. The van der Waals surface area contributed by atoms with Gasteiger partial charge in [0.25, 0.3) is 5.69 Å². The molecule has 0 atom stereocenters. The van der Waals surface area contributed by atoms with Gasteiger partial charge in [-0.15, -0.1) is 0 Å². The van der Waals surface area contributed by atoms with Crippen LogP contribution in [0.15, 0.2) is 24.3 Å². The Hall–Kier alpha value is -1.66. The maximum atomic E-state index is 10.9. The minimum absolute atomic E-state index is 0.124. The molecule has 0 aliphatic rings. The summed E-state index contributed by atoms with van der Waals surface area (Å²) in [5.41, 5.74) is 0.700.